The maximum absolute atomic E-state index is 8.78. The van der Waals surface area contributed by atoms with Crippen molar-refractivity contribution in [3.63, 3.8) is 0 Å². The SMILES string of the molecule is C1=CC2CCC3CCC[N-]C3C2N=C1.O=S(=O)(O)O.[O]=[V]([OH])[OH]. The third-order valence-electron chi connectivity index (χ3n) is 3.92. The molecule has 3 aliphatic rings. The van der Waals surface area contributed by atoms with Gasteiger partial charge in [0.15, 0.2) is 0 Å². The number of rotatable bonds is 0. The minimum atomic E-state index is -4.67. The Morgan fingerprint density at radius 2 is 1.78 bits per heavy atom. The minimum absolute atomic E-state index is 0.485. The van der Waals surface area contributed by atoms with Crippen molar-refractivity contribution in [3.8, 4) is 0 Å². The topological polar surface area (TPSA) is 159 Å². The Balaban J connectivity index is 0.000000248. The van der Waals surface area contributed by atoms with E-state index in [1.165, 1.54) is 25.7 Å². The number of dihydropyridines is 1. The van der Waals surface area contributed by atoms with Gasteiger partial charge in [-0.1, -0.05) is 31.3 Å². The molecule has 4 N–H and O–H groups in total. The van der Waals surface area contributed by atoms with E-state index in [4.69, 9.17) is 34.6 Å². The van der Waals surface area contributed by atoms with Gasteiger partial charge in [-0.3, -0.25) is 14.1 Å². The molecule has 133 valence electrons. The predicted octanol–water partition coefficient (Wildman–Crippen LogP) is 0.670. The molecule has 3 rings (SSSR count). The molecule has 2 aliphatic heterocycles. The van der Waals surface area contributed by atoms with Crippen molar-refractivity contribution in [2.75, 3.05) is 6.54 Å². The van der Waals surface area contributed by atoms with E-state index in [9.17, 15) is 0 Å². The fraction of sp³-hybridized carbons (Fsp3) is 0.750. The van der Waals surface area contributed by atoms with Crippen molar-refractivity contribution in [1.29, 1.82) is 0 Å². The van der Waals surface area contributed by atoms with E-state index in [0.29, 0.717) is 18.0 Å². The van der Waals surface area contributed by atoms with Crippen LogP contribution in [0.5, 0.6) is 0 Å². The van der Waals surface area contributed by atoms with Gasteiger partial charge in [0.2, 0.25) is 0 Å². The quantitative estimate of drug-likeness (QED) is 0.444. The number of hydrogen-bond donors (Lipinski definition) is 4. The van der Waals surface area contributed by atoms with Gasteiger partial charge in [-0.25, -0.2) is 0 Å². The molecule has 4 atom stereocenters. The number of hydrogen-bond acceptors (Lipinski definition) is 4. The second-order valence-corrected chi connectivity index (χ2v) is 7.10. The molecular formula is C12H21N2O7SV-. The Hall–Kier alpha value is -0.456. The summed E-state index contributed by atoms with van der Waals surface area (Å²) in [5, 5.41) is 4.79. The molecule has 23 heavy (non-hydrogen) atoms. The Morgan fingerprint density at radius 1 is 1.17 bits per heavy atom. The van der Waals surface area contributed by atoms with Crippen molar-refractivity contribution in [2.45, 2.75) is 37.8 Å². The number of nitrogens with zero attached hydrogens (tertiary/aromatic N) is 2. The summed E-state index contributed by atoms with van der Waals surface area (Å²) in [6, 6.07) is 1.03. The standard InChI is InChI=1S/C12H17N2.H2O4S.2H2O.O.V/c1-3-9-5-6-10-4-2-8-14-12(10)11(9)13-7-1;1-5(2,3)4;;;;/h1,3,7,9-12H,2,4-6,8H2;(H2,1,2,3,4);2*1H2;;/q-1;;;;;+2/p-2. The molecule has 2 heterocycles. The monoisotopic (exact) mass is 388 g/mol. The van der Waals surface area contributed by atoms with Gasteiger partial charge in [0.25, 0.3) is 0 Å². The number of piperidine rings is 1. The number of fused-ring (bicyclic) bond motifs is 3. The zero-order valence-electron chi connectivity index (χ0n) is 12.3. The molecular weight excluding hydrogens is 367 g/mol. The van der Waals surface area contributed by atoms with Gasteiger partial charge in [-0.15, -0.1) is 12.6 Å². The first-order valence-electron chi connectivity index (χ1n) is 7.10. The van der Waals surface area contributed by atoms with Crippen LogP contribution in [0.4, 0.5) is 0 Å². The molecule has 1 saturated heterocycles. The van der Waals surface area contributed by atoms with Gasteiger partial charge in [0.1, 0.15) is 0 Å². The Morgan fingerprint density at radius 3 is 2.39 bits per heavy atom. The van der Waals surface area contributed by atoms with Gasteiger partial charge in [0, 0.05) is 12.3 Å². The average molecular weight is 388 g/mol. The van der Waals surface area contributed by atoms with E-state index >= 15 is 0 Å². The second kappa shape index (κ2) is 9.75. The van der Waals surface area contributed by atoms with Crippen LogP contribution in [0, 0.1) is 11.8 Å². The normalized spacial score (nSPS) is 31.5. The summed E-state index contributed by atoms with van der Waals surface area (Å²) in [6.07, 6.45) is 11.8. The van der Waals surface area contributed by atoms with Crippen LogP contribution in [0.15, 0.2) is 17.1 Å². The summed E-state index contributed by atoms with van der Waals surface area (Å²) in [4.78, 5) is 4.63. The zero-order chi connectivity index (χ0) is 17.5. The van der Waals surface area contributed by atoms with Crippen LogP contribution in [0.25, 0.3) is 5.32 Å². The third-order valence-corrected chi connectivity index (χ3v) is 3.92. The summed E-state index contributed by atoms with van der Waals surface area (Å²) in [5.74, 6) is 1.52. The van der Waals surface area contributed by atoms with E-state index in [1.807, 2.05) is 6.21 Å². The predicted molar refractivity (Wildman–Crippen MR) is 78.2 cm³/mol. The second-order valence-electron chi connectivity index (χ2n) is 5.41. The molecule has 0 radical (unpaired) electrons. The number of allylic oxidation sites excluding steroid dienone is 1. The van der Waals surface area contributed by atoms with Crippen molar-refractivity contribution >= 4 is 16.6 Å². The van der Waals surface area contributed by atoms with Gasteiger partial charge < -0.3 is 5.32 Å². The van der Waals surface area contributed by atoms with Crippen LogP contribution in [0.1, 0.15) is 25.7 Å². The summed E-state index contributed by atoms with van der Waals surface area (Å²) >= 11 is -3.44. The fourth-order valence-electron chi connectivity index (χ4n) is 3.20. The van der Waals surface area contributed by atoms with Gasteiger partial charge >= 0.3 is 37.9 Å². The molecule has 11 heteroatoms. The molecule has 4 unspecified atom stereocenters. The van der Waals surface area contributed by atoms with Gasteiger partial charge in [-0.05, 0) is 18.4 Å². The van der Waals surface area contributed by atoms with Crippen LogP contribution >= 0.6 is 0 Å². The number of aliphatic imine (C=N–C) groups is 1. The first-order chi connectivity index (χ1) is 10.7. The van der Waals surface area contributed by atoms with Crippen molar-refractivity contribution < 1.29 is 45.1 Å². The van der Waals surface area contributed by atoms with E-state index in [-0.39, 0.29) is 0 Å². The van der Waals surface area contributed by atoms with Crippen molar-refractivity contribution in [2.24, 2.45) is 16.8 Å². The summed E-state index contributed by atoms with van der Waals surface area (Å²) in [5.41, 5.74) is 0. The third kappa shape index (κ3) is 8.82. The molecule has 0 amide bonds. The first-order valence-corrected chi connectivity index (χ1v) is 10.3. The molecule has 1 aliphatic carbocycles. The van der Waals surface area contributed by atoms with Crippen LogP contribution in [0.3, 0.4) is 0 Å². The van der Waals surface area contributed by atoms with Crippen LogP contribution in [0.2, 0.25) is 0 Å². The Kier molecular flexibility index (Phi) is 8.72. The van der Waals surface area contributed by atoms with E-state index < -0.39 is 26.2 Å². The average Bonchev–Trinajstić information content (AvgIpc) is 2.45. The molecule has 2 fully saturated rings. The van der Waals surface area contributed by atoms with E-state index in [1.54, 1.807) is 0 Å². The fourth-order valence-corrected chi connectivity index (χ4v) is 3.20. The molecule has 0 aromatic heterocycles. The van der Waals surface area contributed by atoms with Gasteiger partial charge in [0.05, 0.1) is 0 Å². The van der Waals surface area contributed by atoms with Crippen molar-refractivity contribution in [3.05, 3.63) is 17.5 Å². The molecule has 0 bridgehead atoms. The Labute approximate surface area is 140 Å². The van der Waals surface area contributed by atoms with Crippen LogP contribution in [-0.4, -0.2) is 50.4 Å². The first kappa shape index (κ1) is 20.6. The molecule has 1 saturated carbocycles. The Bertz CT molecular complexity index is 540. The van der Waals surface area contributed by atoms with E-state index in [2.05, 4.69) is 17.1 Å². The molecule has 0 aromatic carbocycles. The molecule has 0 spiro atoms. The summed E-state index contributed by atoms with van der Waals surface area (Å²) in [6.45, 7) is 1.07. The van der Waals surface area contributed by atoms with Crippen LogP contribution < -0.4 is 0 Å². The summed E-state index contributed by atoms with van der Waals surface area (Å²) < 4.78 is 54.8. The molecule has 0 aromatic rings. The zero-order valence-corrected chi connectivity index (χ0v) is 14.6. The molecule has 9 nitrogen and oxygen atoms in total. The van der Waals surface area contributed by atoms with E-state index in [0.717, 1.165) is 12.5 Å². The van der Waals surface area contributed by atoms with Crippen LogP contribution in [-0.2, 0) is 29.9 Å². The summed E-state index contributed by atoms with van der Waals surface area (Å²) in [7, 11) is -4.67. The maximum atomic E-state index is 8.78. The van der Waals surface area contributed by atoms with Gasteiger partial charge in [-0.2, -0.15) is 8.42 Å². The van der Waals surface area contributed by atoms with Crippen molar-refractivity contribution in [1.82, 2.24) is 0 Å².